The summed E-state index contributed by atoms with van der Waals surface area (Å²) in [6.07, 6.45) is 14.4. The molecule has 186 valence electrons. The molecule has 4 heteroatoms. The van der Waals surface area contributed by atoms with Crippen LogP contribution in [0, 0.1) is 46.3 Å². The number of aliphatic hydroxyl groups excluding tert-OH is 2. The van der Waals surface area contributed by atoms with Gasteiger partial charge >= 0.3 is 5.97 Å². The van der Waals surface area contributed by atoms with Crippen molar-refractivity contribution < 1.29 is 19.7 Å². The van der Waals surface area contributed by atoms with Crippen LogP contribution in [0.15, 0.2) is 23.8 Å². The van der Waals surface area contributed by atoms with E-state index in [0.29, 0.717) is 36.0 Å². The largest absolute Gasteiger partial charge is 0.458 e. The molecule has 0 heterocycles. The van der Waals surface area contributed by atoms with Crippen LogP contribution in [0.5, 0.6) is 0 Å². The van der Waals surface area contributed by atoms with Gasteiger partial charge in [0.15, 0.2) is 0 Å². The molecule has 4 rings (SSSR count). The van der Waals surface area contributed by atoms with Crippen LogP contribution in [0.3, 0.4) is 0 Å². The zero-order valence-corrected chi connectivity index (χ0v) is 21.4. The van der Waals surface area contributed by atoms with E-state index >= 15 is 0 Å². The van der Waals surface area contributed by atoms with Crippen molar-refractivity contribution in [2.24, 2.45) is 46.3 Å². The topological polar surface area (TPSA) is 66.8 Å². The third-order valence-corrected chi connectivity index (χ3v) is 10.1. The molecule has 0 aromatic heterocycles. The molecule has 0 aromatic carbocycles. The van der Waals surface area contributed by atoms with Crippen LogP contribution >= 0.6 is 0 Å². The molecule has 0 radical (unpaired) electrons. The van der Waals surface area contributed by atoms with Crippen molar-refractivity contribution in [2.75, 3.05) is 6.61 Å². The Balaban J connectivity index is 1.67. The highest BCUT2D eigenvalue weighted by Gasteiger charge is 2.62. The lowest BCUT2D eigenvalue weighted by atomic mass is 9.46. The Bertz CT molecular complexity index is 784. The molecule has 0 saturated heterocycles. The van der Waals surface area contributed by atoms with Crippen molar-refractivity contribution >= 4 is 5.97 Å². The number of hydrogen-bond donors (Lipinski definition) is 2. The van der Waals surface area contributed by atoms with Crippen molar-refractivity contribution in [3.63, 3.8) is 0 Å². The first-order valence-electron chi connectivity index (χ1n) is 13.5. The molecule has 3 fully saturated rings. The number of carbonyl (C=O) groups excluding carboxylic acids is 1. The number of ether oxygens (including phenoxy) is 1. The van der Waals surface area contributed by atoms with Crippen molar-refractivity contribution in [3.05, 3.63) is 23.8 Å². The summed E-state index contributed by atoms with van der Waals surface area (Å²) in [7, 11) is 0. The van der Waals surface area contributed by atoms with E-state index in [-0.39, 0.29) is 41.5 Å². The first kappa shape index (κ1) is 25.0. The molecule has 0 aliphatic heterocycles. The van der Waals surface area contributed by atoms with Gasteiger partial charge in [0.05, 0.1) is 12.7 Å². The second kappa shape index (κ2) is 9.49. The van der Waals surface area contributed by atoms with E-state index in [2.05, 4.69) is 45.9 Å². The van der Waals surface area contributed by atoms with Gasteiger partial charge in [0.25, 0.3) is 0 Å². The Morgan fingerprint density at radius 1 is 1.18 bits per heavy atom. The summed E-state index contributed by atoms with van der Waals surface area (Å²) in [6, 6.07) is 0. The van der Waals surface area contributed by atoms with Crippen LogP contribution in [-0.4, -0.2) is 35.0 Å². The van der Waals surface area contributed by atoms with Crippen molar-refractivity contribution in [3.8, 4) is 0 Å². The minimum absolute atomic E-state index is 0.140. The van der Waals surface area contributed by atoms with Gasteiger partial charge in [-0.3, -0.25) is 4.79 Å². The van der Waals surface area contributed by atoms with Gasteiger partial charge in [0.1, 0.15) is 6.10 Å². The van der Waals surface area contributed by atoms with Gasteiger partial charge in [-0.25, -0.2) is 0 Å². The summed E-state index contributed by atoms with van der Waals surface area (Å²) in [6.45, 7) is 11.1. The number of carbonyl (C=O) groups is 1. The molecule has 4 aliphatic rings. The van der Waals surface area contributed by atoms with Gasteiger partial charge in [-0.1, -0.05) is 45.4 Å². The van der Waals surface area contributed by atoms with Crippen molar-refractivity contribution in [1.82, 2.24) is 0 Å². The Morgan fingerprint density at radius 3 is 2.61 bits per heavy atom. The zero-order chi connectivity index (χ0) is 24.0. The third-order valence-electron chi connectivity index (χ3n) is 10.1. The summed E-state index contributed by atoms with van der Waals surface area (Å²) in [5.41, 5.74) is 1.12. The van der Waals surface area contributed by atoms with Gasteiger partial charge in [-0.15, -0.1) is 0 Å². The predicted molar refractivity (Wildman–Crippen MR) is 131 cm³/mol. The van der Waals surface area contributed by atoms with Crippen LogP contribution in [0.1, 0.15) is 86.0 Å². The molecule has 3 saturated carbocycles. The third kappa shape index (κ3) is 4.35. The lowest BCUT2D eigenvalue weighted by molar-refractivity contribution is -0.161. The van der Waals surface area contributed by atoms with Gasteiger partial charge in [-0.05, 0) is 92.4 Å². The van der Waals surface area contributed by atoms with E-state index in [1.54, 1.807) is 0 Å². The Kier molecular flexibility index (Phi) is 7.18. The number of allylic oxidation sites excluding steroid dienone is 2. The fourth-order valence-corrected chi connectivity index (χ4v) is 8.61. The standard InChI is InChI=1S/C29H46O4/c1-18(2)7-6-8-19(3)23-9-10-24-27-25(12-13-28(23,24)5)29(17-30)14-11-22(32)15-21(29)16-26(27)33-20(4)31/h6,8,16,18-19,22-27,30,32H,7,9-15,17H2,1-5H3. The number of esters is 1. The van der Waals surface area contributed by atoms with E-state index in [4.69, 9.17) is 4.74 Å². The molecule has 33 heavy (non-hydrogen) atoms. The van der Waals surface area contributed by atoms with Gasteiger partial charge in [-0.2, -0.15) is 0 Å². The van der Waals surface area contributed by atoms with E-state index < -0.39 is 0 Å². The maximum absolute atomic E-state index is 12.1. The molecule has 0 amide bonds. The van der Waals surface area contributed by atoms with Crippen LogP contribution in [0.4, 0.5) is 0 Å². The number of aliphatic hydroxyl groups is 2. The lowest BCUT2D eigenvalue weighted by Crippen LogP contribution is -2.57. The van der Waals surface area contributed by atoms with Crippen molar-refractivity contribution in [2.45, 2.75) is 98.2 Å². The summed E-state index contributed by atoms with van der Waals surface area (Å²) in [5.74, 6) is 2.74. The first-order valence-corrected chi connectivity index (χ1v) is 13.5. The maximum atomic E-state index is 12.1. The highest BCUT2D eigenvalue weighted by atomic mass is 16.5. The maximum Gasteiger partial charge on any atom is 0.303 e. The lowest BCUT2D eigenvalue weighted by Gasteiger charge is -2.60. The number of fused-ring (bicyclic) bond motifs is 5. The van der Waals surface area contributed by atoms with Crippen molar-refractivity contribution in [1.29, 1.82) is 0 Å². The number of hydrogen-bond acceptors (Lipinski definition) is 4. The van der Waals surface area contributed by atoms with Gasteiger partial charge in [0, 0.05) is 18.3 Å². The Labute approximate surface area is 200 Å². The average molecular weight is 459 g/mol. The highest BCUT2D eigenvalue weighted by molar-refractivity contribution is 5.66. The fourth-order valence-electron chi connectivity index (χ4n) is 8.61. The summed E-state index contributed by atoms with van der Waals surface area (Å²) >= 11 is 0. The van der Waals surface area contributed by atoms with E-state index in [0.717, 1.165) is 31.3 Å². The Hall–Kier alpha value is -1.13. The SMILES string of the molecule is CC(=O)OC1C=C2CC(O)CCC2(CO)C2CCC3(C)C(C(C)C=CCC(C)C)CCC3C12. The molecule has 9 atom stereocenters. The minimum atomic E-state index is -0.353. The summed E-state index contributed by atoms with van der Waals surface area (Å²) in [5, 5.41) is 21.1. The molecular weight excluding hydrogens is 412 g/mol. The van der Waals surface area contributed by atoms with E-state index in [1.165, 1.54) is 26.2 Å². The average Bonchev–Trinajstić information content (AvgIpc) is 3.10. The van der Waals surface area contributed by atoms with Crippen LogP contribution in [0.25, 0.3) is 0 Å². The quantitative estimate of drug-likeness (QED) is 0.397. The summed E-state index contributed by atoms with van der Waals surface area (Å²) < 4.78 is 5.98. The van der Waals surface area contributed by atoms with Crippen LogP contribution in [0.2, 0.25) is 0 Å². The highest BCUT2D eigenvalue weighted by Crippen LogP contribution is 2.67. The molecule has 4 aliphatic carbocycles. The second-order valence-electron chi connectivity index (χ2n) is 12.4. The molecule has 2 N–H and O–H groups in total. The van der Waals surface area contributed by atoms with Crippen LogP contribution in [-0.2, 0) is 9.53 Å². The first-order chi connectivity index (χ1) is 15.6. The van der Waals surface area contributed by atoms with E-state index in [1.807, 2.05) is 0 Å². The molecule has 0 aromatic rings. The monoisotopic (exact) mass is 458 g/mol. The minimum Gasteiger partial charge on any atom is -0.458 e. The van der Waals surface area contributed by atoms with Gasteiger partial charge in [0.2, 0.25) is 0 Å². The molecule has 0 spiro atoms. The normalized spacial score (nSPS) is 43.6. The molecular formula is C29H46O4. The van der Waals surface area contributed by atoms with Gasteiger partial charge < -0.3 is 14.9 Å². The molecule has 0 bridgehead atoms. The summed E-state index contributed by atoms with van der Waals surface area (Å²) in [4.78, 5) is 12.1. The second-order valence-corrected chi connectivity index (χ2v) is 12.4. The number of rotatable bonds is 6. The van der Waals surface area contributed by atoms with E-state index in [9.17, 15) is 15.0 Å². The molecule has 9 unspecified atom stereocenters. The zero-order valence-electron chi connectivity index (χ0n) is 21.4. The molecule has 4 nitrogen and oxygen atoms in total. The smallest absolute Gasteiger partial charge is 0.303 e. The fraction of sp³-hybridized carbons (Fsp3) is 0.828. The Morgan fingerprint density at radius 2 is 1.94 bits per heavy atom. The van der Waals surface area contributed by atoms with Crippen LogP contribution < -0.4 is 0 Å². The predicted octanol–water partition coefficient (Wildman–Crippen LogP) is 5.68.